The molecule has 1 atom stereocenters. The van der Waals surface area contributed by atoms with Gasteiger partial charge in [0, 0.05) is 12.7 Å². The Morgan fingerprint density at radius 2 is 2.06 bits per heavy atom. The number of aryl methyl sites for hydroxylation is 1. The zero-order valence-electron chi connectivity index (χ0n) is 19.2. The Hall–Kier alpha value is -3.25. The van der Waals surface area contributed by atoms with E-state index in [4.69, 9.17) is 15.2 Å². The number of alkyl halides is 3. The molecular formula is C23H25F3N4O4S. The second-order valence-corrected chi connectivity index (χ2v) is 8.68. The lowest BCUT2D eigenvalue weighted by Gasteiger charge is -2.16. The lowest BCUT2D eigenvalue weighted by molar-refractivity contribution is -0.147. The second kappa shape index (κ2) is 11.5. The Kier molecular flexibility index (Phi) is 8.62. The van der Waals surface area contributed by atoms with Crippen molar-refractivity contribution in [1.29, 1.82) is 0 Å². The number of carbonyl (C=O) groups is 2. The summed E-state index contributed by atoms with van der Waals surface area (Å²) in [6.07, 6.45) is -0.406. The van der Waals surface area contributed by atoms with Gasteiger partial charge in [-0.3, -0.25) is 14.6 Å². The predicted octanol–water partition coefficient (Wildman–Crippen LogP) is 3.93. The van der Waals surface area contributed by atoms with Gasteiger partial charge in [-0.25, -0.2) is 0 Å². The summed E-state index contributed by atoms with van der Waals surface area (Å²) in [6.45, 7) is 3.61. The molecule has 0 aliphatic rings. The van der Waals surface area contributed by atoms with Crippen molar-refractivity contribution >= 4 is 33.4 Å². The molecule has 2 aromatic heterocycles. The first-order chi connectivity index (χ1) is 16.6. The molecule has 0 aliphatic carbocycles. The van der Waals surface area contributed by atoms with Crippen molar-refractivity contribution in [3.05, 3.63) is 52.6 Å². The zero-order valence-corrected chi connectivity index (χ0v) is 20.0. The van der Waals surface area contributed by atoms with Gasteiger partial charge in [-0.1, -0.05) is 24.7 Å². The number of halogens is 3. The molecule has 8 nitrogen and oxygen atoms in total. The first-order valence-electron chi connectivity index (χ1n) is 10.9. The number of amides is 1. The third kappa shape index (κ3) is 6.67. The van der Waals surface area contributed by atoms with Crippen LogP contribution in [0.1, 0.15) is 42.6 Å². The predicted molar refractivity (Wildman–Crippen MR) is 124 cm³/mol. The third-order valence-corrected chi connectivity index (χ3v) is 5.99. The van der Waals surface area contributed by atoms with Gasteiger partial charge in [-0.05, 0) is 37.6 Å². The Morgan fingerprint density at radius 3 is 2.74 bits per heavy atom. The van der Waals surface area contributed by atoms with E-state index in [1.165, 1.54) is 18.3 Å². The number of benzene rings is 1. The van der Waals surface area contributed by atoms with Gasteiger partial charge in [0.15, 0.2) is 4.80 Å². The molecule has 0 radical (unpaired) electrons. The third-order valence-electron chi connectivity index (χ3n) is 4.93. The van der Waals surface area contributed by atoms with Crippen LogP contribution in [0.5, 0.6) is 5.75 Å². The molecule has 0 aliphatic heterocycles. The van der Waals surface area contributed by atoms with Crippen LogP contribution < -0.4 is 15.3 Å². The van der Waals surface area contributed by atoms with E-state index in [2.05, 4.69) is 9.98 Å². The van der Waals surface area contributed by atoms with Crippen LogP contribution in [0.3, 0.4) is 0 Å². The molecule has 0 saturated carbocycles. The Morgan fingerprint density at radius 1 is 1.29 bits per heavy atom. The van der Waals surface area contributed by atoms with E-state index < -0.39 is 29.7 Å². The molecule has 35 heavy (non-hydrogen) atoms. The number of hydrogen-bond donors (Lipinski definition) is 1. The van der Waals surface area contributed by atoms with E-state index in [1.807, 2.05) is 11.5 Å². The molecule has 1 amide bonds. The molecule has 2 heterocycles. The van der Waals surface area contributed by atoms with Gasteiger partial charge in [0.2, 0.25) is 0 Å². The zero-order chi connectivity index (χ0) is 25.6. The minimum absolute atomic E-state index is 0.106. The largest absolute Gasteiger partial charge is 0.489 e. The van der Waals surface area contributed by atoms with E-state index in [1.54, 1.807) is 18.5 Å². The highest BCUT2D eigenvalue weighted by atomic mass is 32.1. The number of nitrogens with two attached hydrogens (primary N) is 1. The van der Waals surface area contributed by atoms with Crippen LogP contribution in [0.25, 0.3) is 10.2 Å². The molecule has 2 N–H and O–H groups in total. The Bertz CT molecular complexity index is 1270. The van der Waals surface area contributed by atoms with Gasteiger partial charge in [0.1, 0.15) is 18.5 Å². The van der Waals surface area contributed by atoms with E-state index in [-0.39, 0.29) is 24.5 Å². The van der Waals surface area contributed by atoms with Crippen LogP contribution in [0.4, 0.5) is 13.2 Å². The molecule has 0 spiro atoms. The number of carbonyl (C=O) groups excluding carboxylic acids is 2. The number of fused-ring (bicyclic) bond motifs is 1. The van der Waals surface area contributed by atoms with Crippen LogP contribution in [0.2, 0.25) is 0 Å². The maximum Gasteiger partial charge on any atom is 0.416 e. The minimum Gasteiger partial charge on any atom is -0.489 e. The summed E-state index contributed by atoms with van der Waals surface area (Å²) in [6, 6.07) is 4.37. The summed E-state index contributed by atoms with van der Waals surface area (Å²) in [7, 11) is 0. The van der Waals surface area contributed by atoms with Crippen molar-refractivity contribution in [1.82, 2.24) is 9.55 Å². The maximum absolute atomic E-state index is 13.4. The van der Waals surface area contributed by atoms with Gasteiger partial charge in [0.05, 0.1) is 34.1 Å². The highest BCUT2D eigenvalue weighted by Crippen LogP contribution is 2.33. The van der Waals surface area contributed by atoms with Crippen molar-refractivity contribution in [3.8, 4) is 5.75 Å². The van der Waals surface area contributed by atoms with Crippen LogP contribution in [0.15, 0.2) is 41.7 Å². The molecule has 0 saturated heterocycles. The molecule has 0 unspecified atom stereocenters. The number of pyridine rings is 1. The fourth-order valence-electron chi connectivity index (χ4n) is 3.19. The first kappa shape index (κ1) is 26.4. The molecule has 3 aromatic rings. The smallest absolute Gasteiger partial charge is 0.416 e. The summed E-state index contributed by atoms with van der Waals surface area (Å²) in [5.41, 5.74) is 4.63. The molecular weight excluding hydrogens is 485 g/mol. The number of aromatic nitrogens is 2. The number of ether oxygens (including phenoxy) is 2. The van der Waals surface area contributed by atoms with Gasteiger partial charge >= 0.3 is 12.1 Å². The highest BCUT2D eigenvalue weighted by molar-refractivity contribution is 7.16. The summed E-state index contributed by atoms with van der Waals surface area (Å²) in [5, 5.41) is 0. The summed E-state index contributed by atoms with van der Waals surface area (Å²) < 4.78 is 53.3. The number of esters is 1. The average Bonchev–Trinajstić information content (AvgIpc) is 3.17. The minimum atomic E-state index is -4.66. The maximum atomic E-state index is 13.4. The van der Waals surface area contributed by atoms with Crippen molar-refractivity contribution in [2.24, 2.45) is 10.7 Å². The number of thiazole rings is 1. The van der Waals surface area contributed by atoms with Gasteiger partial charge in [-0.2, -0.15) is 18.2 Å². The van der Waals surface area contributed by atoms with Crippen molar-refractivity contribution in [3.63, 3.8) is 0 Å². The van der Waals surface area contributed by atoms with Crippen molar-refractivity contribution in [2.75, 3.05) is 13.2 Å². The van der Waals surface area contributed by atoms with Gasteiger partial charge in [-0.15, -0.1) is 0 Å². The monoisotopic (exact) mass is 510 g/mol. The molecule has 0 fully saturated rings. The number of rotatable bonds is 9. The Labute approximate surface area is 203 Å². The van der Waals surface area contributed by atoms with Crippen molar-refractivity contribution in [2.45, 2.75) is 45.5 Å². The average molecular weight is 511 g/mol. The molecule has 12 heteroatoms. The van der Waals surface area contributed by atoms with Crippen LogP contribution >= 0.6 is 11.3 Å². The van der Waals surface area contributed by atoms with Gasteiger partial charge < -0.3 is 19.8 Å². The number of unbranched alkanes of at least 4 members (excludes halogenated alkanes) is 1. The standard InChI is InChI=1S/C23H25F3N4O4S/c1-3-4-9-30-17-12-28-8-7-19(17)35-22(30)29-21(32)16-10-15(23(24,25)26)5-6-18(16)33-13-14(2)34-20(31)11-27/h5-8,10,12,14H,3-4,9,11,13,27H2,1-2H3/t14-/m0/s1. The normalized spacial score (nSPS) is 13.1. The van der Waals surface area contributed by atoms with Crippen LogP contribution in [0, 0.1) is 0 Å². The lowest BCUT2D eigenvalue weighted by Crippen LogP contribution is -2.26. The van der Waals surface area contributed by atoms with Gasteiger partial charge in [0.25, 0.3) is 5.91 Å². The topological polar surface area (TPSA) is 109 Å². The summed E-state index contributed by atoms with van der Waals surface area (Å²) in [4.78, 5) is 33.1. The SMILES string of the molecule is CCCCn1c(=NC(=O)c2cc(C(F)(F)F)ccc2OC[C@H](C)OC(=O)CN)sc2ccncc21. The highest BCUT2D eigenvalue weighted by Gasteiger charge is 2.32. The molecule has 0 bridgehead atoms. The quantitative estimate of drug-likeness (QED) is 0.437. The van der Waals surface area contributed by atoms with E-state index >= 15 is 0 Å². The first-order valence-corrected chi connectivity index (χ1v) is 11.7. The van der Waals surface area contributed by atoms with Crippen LogP contribution in [-0.4, -0.2) is 40.7 Å². The summed E-state index contributed by atoms with van der Waals surface area (Å²) in [5.74, 6) is -1.65. The van der Waals surface area contributed by atoms with E-state index in [9.17, 15) is 22.8 Å². The molecule has 3 rings (SSSR count). The van der Waals surface area contributed by atoms with E-state index in [0.29, 0.717) is 17.4 Å². The van der Waals surface area contributed by atoms with E-state index in [0.717, 1.165) is 35.2 Å². The fraction of sp³-hybridized carbons (Fsp3) is 0.391. The fourth-order valence-corrected chi connectivity index (χ4v) is 4.22. The summed E-state index contributed by atoms with van der Waals surface area (Å²) >= 11 is 1.24. The van der Waals surface area contributed by atoms with Crippen LogP contribution in [-0.2, 0) is 22.3 Å². The molecule has 1 aromatic carbocycles. The second-order valence-electron chi connectivity index (χ2n) is 7.67. The lowest BCUT2D eigenvalue weighted by atomic mass is 10.1. The molecule has 188 valence electrons. The Balaban J connectivity index is 2.01. The number of nitrogens with zero attached hydrogens (tertiary/aromatic N) is 3. The van der Waals surface area contributed by atoms with Crippen molar-refractivity contribution < 1.29 is 32.2 Å². The number of hydrogen-bond acceptors (Lipinski definition) is 7.